The van der Waals surface area contributed by atoms with Crippen LogP contribution in [0, 0.1) is 0 Å². The molecule has 1 unspecified atom stereocenters. The summed E-state index contributed by atoms with van der Waals surface area (Å²) in [5, 5.41) is 11.4. The molecule has 1 aliphatic rings. The predicted octanol–water partition coefficient (Wildman–Crippen LogP) is 3.13. The standard InChI is InChI=1S/C19H27N5O2/c1-3-11-23-14-21-22-18(23)17-6-4-5-12-24(17)19(25)20-13-15-7-9-16(26-2)10-8-15/h7-10,14,17H,3-6,11-13H2,1-2H3,(H,20,25). The number of hydrogen-bond donors (Lipinski definition) is 1. The summed E-state index contributed by atoms with van der Waals surface area (Å²) < 4.78 is 7.23. The van der Waals surface area contributed by atoms with Crippen molar-refractivity contribution in [3.8, 4) is 5.75 Å². The number of likely N-dealkylation sites (tertiary alicyclic amines) is 1. The number of hydrogen-bond acceptors (Lipinski definition) is 4. The third-order valence-corrected chi connectivity index (χ3v) is 4.77. The molecule has 0 aliphatic carbocycles. The van der Waals surface area contributed by atoms with E-state index in [-0.39, 0.29) is 12.1 Å². The number of nitrogens with zero attached hydrogens (tertiary/aromatic N) is 4. The fourth-order valence-corrected chi connectivity index (χ4v) is 3.40. The van der Waals surface area contributed by atoms with Gasteiger partial charge in [0, 0.05) is 19.6 Å². The Balaban J connectivity index is 1.66. The molecule has 3 rings (SSSR count). The molecule has 7 nitrogen and oxygen atoms in total. The quantitative estimate of drug-likeness (QED) is 0.862. The number of nitrogens with one attached hydrogen (secondary N) is 1. The topological polar surface area (TPSA) is 72.3 Å². The van der Waals surface area contributed by atoms with Gasteiger partial charge in [-0.05, 0) is 43.4 Å². The second-order valence-corrected chi connectivity index (χ2v) is 6.59. The van der Waals surface area contributed by atoms with Gasteiger partial charge in [0.1, 0.15) is 12.1 Å². The first-order valence-corrected chi connectivity index (χ1v) is 9.28. The summed E-state index contributed by atoms with van der Waals surface area (Å²) in [6.07, 6.45) is 5.83. The Kier molecular flexibility index (Phi) is 6.09. The molecule has 2 aromatic rings. The van der Waals surface area contributed by atoms with Crippen LogP contribution in [0.25, 0.3) is 0 Å². The molecule has 1 atom stereocenters. The molecule has 0 radical (unpaired) electrons. The molecule has 140 valence electrons. The molecule has 1 aliphatic heterocycles. The van der Waals surface area contributed by atoms with Crippen LogP contribution in [-0.2, 0) is 13.1 Å². The highest BCUT2D eigenvalue weighted by Gasteiger charge is 2.31. The van der Waals surface area contributed by atoms with Gasteiger partial charge in [-0.1, -0.05) is 19.1 Å². The summed E-state index contributed by atoms with van der Waals surface area (Å²) in [5.41, 5.74) is 1.04. The Labute approximate surface area is 154 Å². The van der Waals surface area contributed by atoms with Crippen molar-refractivity contribution in [2.75, 3.05) is 13.7 Å². The number of benzene rings is 1. The maximum Gasteiger partial charge on any atom is 0.318 e. The SMILES string of the molecule is CCCn1cnnc1C1CCCCN1C(=O)NCc1ccc(OC)cc1. The van der Waals surface area contributed by atoms with Crippen molar-refractivity contribution in [3.63, 3.8) is 0 Å². The number of carbonyl (C=O) groups is 1. The van der Waals surface area contributed by atoms with Gasteiger partial charge in [0.05, 0.1) is 13.2 Å². The van der Waals surface area contributed by atoms with E-state index in [0.29, 0.717) is 6.54 Å². The molecule has 1 fully saturated rings. The molecule has 26 heavy (non-hydrogen) atoms. The molecule has 0 saturated carbocycles. The van der Waals surface area contributed by atoms with Crippen LogP contribution >= 0.6 is 0 Å². The Bertz CT molecular complexity index is 713. The minimum Gasteiger partial charge on any atom is -0.497 e. The molecule has 2 heterocycles. The second-order valence-electron chi connectivity index (χ2n) is 6.59. The van der Waals surface area contributed by atoms with E-state index in [1.807, 2.05) is 29.2 Å². The van der Waals surface area contributed by atoms with E-state index in [2.05, 4.69) is 27.0 Å². The van der Waals surface area contributed by atoms with E-state index in [1.165, 1.54) is 0 Å². The van der Waals surface area contributed by atoms with Crippen LogP contribution in [-0.4, -0.2) is 39.4 Å². The zero-order valence-corrected chi connectivity index (χ0v) is 15.5. The highest BCUT2D eigenvalue weighted by Crippen LogP contribution is 2.29. The molecule has 2 amide bonds. The number of piperidine rings is 1. The van der Waals surface area contributed by atoms with Crippen LogP contribution < -0.4 is 10.1 Å². The van der Waals surface area contributed by atoms with Crippen LogP contribution in [0.3, 0.4) is 0 Å². The zero-order chi connectivity index (χ0) is 18.4. The van der Waals surface area contributed by atoms with E-state index in [1.54, 1.807) is 13.4 Å². The van der Waals surface area contributed by atoms with Gasteiger partial charge in [-0.25, -0.2) is 4.79 Å². The molecule has 0 bridgehead atoms. The van der Waals surface area contributed by atoms with Crippen molar-refractivity contribution in [2.45, 2.75) is 51.7 Å². The smallest absolute Gasteiger partial charge is 0.318 e. The van der Waals surface area contributed by atoms with Crippen molar-refractivity contribution >= 4 is 6.03 Å². The Morgan fingerprint density at radius 2 is 2.12 bits per heavy atom. The van der Waals surface area contributed by atoms with Crippen LogP contribution in [0.2, 0.25) is 0 Å². The zero-order valence-electron chi connectivity index (χ0n) is 15.5. The first-order valence-electron chi connectivity index (χ1n) is 9.28. The van der Waals surface area contributed by atoms with Crippen LogP contribution in [0.1, 0.15) is 50.0 Å². The number of aromatic nitrogens is 3. The summed E-state index contributed by atoms with van der Waals surface area (Å²) in [7, 11) is 1.64. The number of ether oxygens (including phenoxy) is 1. The van der Waals surface area contributed by atoms with E-state index >= 15 is 0 Å². The van der Waals surface area contributed by atoms with Crippen molar-refractivity contribution < 1.29 is 9.53 Å². The summed E-state index contributed by atoms with van der Waals surface area (Å²) in [6, 6.07) is 7.68. The number of urea groups is 1. The molecule has 7 heteroatoms. The number of methoxy groups -OCH3 is 1. The molecule has 1 aromatic carbocycles. The van der Waals surface area contributed by atoms with Crippen molar-refractivity contribution in [1.29, 1.82) is 0 Å². The first kappa shape index (κ1) is 18.2. The summed E-state index contributed by atoms with van der Waals surface area (Å²) in [5.74, 6) is 1.71. The molecule has 0 spiro atoms. The van der Waals surface area contributed by atoms with Gasteiger partial charge in [0.2, 0.25) is 0 Å². The fraction of sp³-hybridized carbons (Fsp3) is 0.526. The van der Waals surface area contributed by atoms with E-state index in [0.717, 1.165) is 55.9 Å². The van der Waals surface area contributed by atoms with Crippen molar-refractivity contribution in [3.05, 3.63) is 42.0 Å². The fourth-order valence-electron chi connectivity index (χ4n) is 3.40. The highest BCUT2D eigenvalue weighted by atomic mass is 16.5. The van der Waals surface area contributed by atoms with E-state index < -0.39 is 0 Å². The van der Waals surface area contributed by atoms with Gasteiger partial charge < -0.3 is 19.5 Å². The predicted molar refractivity (Wildman–Crippen MR) is 98.8 cm³/mol. The van der Waals surface area contributed by atoms with Crippen molar-refractivity contribution in [1.82, 2.24) is 25.0 Å². The monoisotopic (exact) mass is 357 g/mol. The van der Waals surface area contributed by atoms with Gasteiger partial charge in [-0.2, -0.15) is 0 Å². The van der Waals surface area contributed by atoms with Crippen LogP contribution in [0.15, 0.2) is 30.6 Å². The number of carbonyl (C=O) groups excluding carboxylic acids is 1. The molecular weight excluding hydrogens is 330 g/mol. The lowest BCUT2D eigenvalue weighted by molar-refractivity contribution is 0.145. The number of rotatable bonds is 6. The third-order valence-electron chi connectivity index (χ3n) is 4.77. The third kappa shape index (κ3) is 4.15. The Morgan fingerprint density at radius 1 is 1.31 bits per heavy atom. The summed E-state index contributed by atoms with van der Waals surface area (Å²) in [4.78, 5) is 14.7. The van der Waals surface area contributed by atoms with Crippen LogP contribution in [0.4, 0.5) is 4.79 Å². The molecule has 1 N–H and O–H groups in total. The highest BCUT2D eigenvalue weighted by molar-refractivity contribution is 5.74. The van der Waals surface area contributed by atoms with Gasteiger partial charge >= 0.3 is 6.03 Å². The van der Waals surface area contributed by atoms with Crippen molar-refractivity contribution in [2.24, 2.45) is 0 Å². The second kappa shape index (κ2) is 8.69. The summed E-state index contributed by atoms with van der Waals surface area (Å²) in [6.45, 7) is 4.25. The minimum atomic E-state index is -0.0448. The lowest BCUT2D eigenvalue weighted by atomic mass is 10.0. The number of aryl methyl sites for hydroxylation is 1. The van der Waals surface area contributed by atoms with Gasteiger partial charge in [0.25, 0.3) is 0 Å². The normalized spacial score (nSPS) is 17.2. The molecule has 1 aromatic heterocycles. The summed E-state index contributed by atoms with van der Waals surface area (Å²) >= 11 is 0. The van der Waals surface area contributed by atoms with Crippen LogP contribution in [0.5, 0.6) is 5.75 Å². The molecular formula is C19H27N5O2. The van der Waals surface area contributed by atoms with E-state index in [4.69, 9.17) is 4.74 Å². The minimum absolute atomic E-state index is 0.00586. The average molecular weight is 357 g/mol. The van der Waals surface area contributed by atoms with Gasteiger partial charge in [-0.3, -0.25) is 0 Å². The number of amides is 2. The lowest BCUT2D eigenvalue weighted by Crippen LogP contribution is -2.45. The Morgan fingerprint density at radius 3 is 2.85 bits per heavy atom. The first-order chi connectivity index (χ1) is 12.7. The maximum atomic E-state index is 12.8. The lowest BCUT2D eigenvalue weighted by Gasteiger charge is -2.35. The largest absolute Gasteiger partial charge is 0.497 e. The average Bonchev–Trinajstić information content (AvgIpc) is 3.15. The Hall–Kier alpha value is -2.57. The molecule has 1 saturated heterocycles. The van der Waals surface area contributed by atoms with Gasteiger partial charge in [-0.15, -0.1) is 10.2 Å². The van der Waals surface area contributed by atoms with Gasteiger partial charge in [0.15, 0.2) is 5.82 Å². The maximum absolute atomic E-state index is 12.8. The van der Waals surface area contributed by atoms with E-state index in [9.17, 15) is 4.79 Å².